The molecule has 2 N–H and O–H groups in total. The lowest BCUT2D eigenvalue weighted by atomic mass is 10.2. The summed E-state index contributed by atoms with van der Waals surface area (Å²) in [5.41, 5.74) is 4.05. The van der Waals surface area contributed by atoms with Crippen molar-refractivity contribution in [2.24, 2.45) is 5.10 Å². The van der Waals surface area contributed by atoms with Crippen LogP contribution >= 0.6 is 0 Å². The van der Waals surface area contributed by atoms with Crippen molar-refractivity contribution in [1.82, 2.24) is 10.4 Å². The van der Waals surface area contributed by atoms with Crippen molar-refractivity contribution in [3.05, 3.63) is 53.9 Å². The topological polar surface area (TPSA) is 92.7 Å². The highest BCUT2D eigenvalue weighted by atomic mass is 16.5. The first-order chi connectivity index (χ1) is 11.1. The number of methoxy groups -OCH3 is 1. The molecule has 7 nitrogen and oxygen atoms in total. The van der Waals surface area contributed by atoms with E-state index in [1.54, 1.807) is 36.5 Å². The summed E-state index contributed by atoms with van der Waals surface area (Å²) in [5.74, 6) is -1.26. The summed E-state index contributed by atoms with van der Waals surface area (Å²) in [4.78, 5) is 27.6. The second-order valence-corrected chi connectivity index (χ2v) is 4.61. The van der Waals surface area contributed by atoms with Gasteiger partial charge in [0.1, 0.15) is 5.75 Å². The van der Waals surface area contributed by atoms with E-state index in [-0.39, 0.29) is 0 Å². The molecule has 118 valence electrons. The van der Waals surface area contributed by atoms with Crippen LogP contribution in [-0.2, 0) is 9.59 Å². The molecule has 23 heavy (non-hydrogen) atoms. The fourth-order valence-corrected chi connectivity index (χ4v) is 1.76. The largest absolute Gasteiger partial charge is 0.495 e. The van der Waals surface area contributed by atoms with Crippen molar-refractivity contribution >= 4 is 23.7 Å². The van der Waals surface area contributed by atoms with Gasteiger partial charge in [-0.1, -0.05) is 12.1 Å². The number of benzene rings is 1. The van der Waals surface area contributed by atoms with Gasteiger partial charge in [0.25, 0.3) is 0 Å². The monoisotopic (exact) mass is 312 g/mol. The zero-order valence-corrected chi connectivity index (χ0v) is 12.7. The van der Waals surface area contributed by atoms with Crippen molar-refractivity contribution in [3.63, 3.8) is 0 Å². The summed E-state index contributed by atoms with van der Waals surface area (Å²) in [6.07, 6.45) is 2.94. The number of hydrogen-bond donors (Lipinski definition) is 2. The quantitative estimate of drug-likeness (QED) is 0.508. The molecule has 0 aliphatic carbocycles. The van der Waals surface area contributed by atoms with Crippen molar-refractivity contribution < 1.29 is 14.3 Å². The number of anilines is 1. The van der Waals surface area contributed by atoms with Gasteiger partial charge < -0.3 is 10.1 Å². The predicted octanol–water partition coefficient (Wildman–Crippen LogP) is 1.49. The molecule has 0 fully saturated rings. The van der Waals surface area contributed by atoms with E-state index in [2.05, 4.69) is 20.8 Å². The number of nitrogens with one attached hydrogen (secondary N) is 2. The first kappa shape index (κ1) is 16.2. The zero-order chi connectivity index (χ0) is 16.7. The molecule has 0 saturated heterocycles. The first-order valence-electron chi connectivity index (χ1n) is 6.80. The lowest BCUT2D eigenvalue weighted by Crippen LogP contribution is -2.32. The third-order valence-corrected chi connectivity index (χ3v) is 2.86. The molecule has 1 aromatic heterocycles. The number of pyridine rings is 1. The number of rotatable bonds is 4. The molecule has 0 atom stereocenters. The maximum Gasteiger partial charge on any atom is 0.329 e. The highest BCUT2D eigenvalue weighted by Gasteiger charge is 2.15. The van der Waals surface area contributed by atoms with Crippen LogP contribution in [0.2, 0.25) is 0 Å². The smallest absolute Gasteiger partial charge is 0.329 e. The lowest BCUT2D eigenvalue weighted by molar-refractivity contribution is -0.136. The number of aromatic nitrogens is 1. The Kier molecular flexibility index (Phi) is 5.40. The van der Waals surface area contributed by atoms with Gasteiger partial charge in [-0.05, 0) is 36.8 Å². The van der Waals surface area contributed by atoms with Gasteiger partial charge in [0.05, 0.1) is 24.7 Å². The second-order valence-electron chi connectivity index (χ2n) is 4.61. The number of ether oxygens (including phenoxy) is 1. The molecule has 2 rings (SSSR count). The van der Waals surface area contributed by atoms with E-state index >= 15 is 0 Å². The Balaban J connectivity index is 1.97. The fraction of sp³-hybridized carbons (Fsp3) is 0.125. The molecule has 0 unspecified atom stereocenters. The average Bonchev–Trinajstić information content (AvgIpc) is 2.56. The Morgan fingerprint density at radius 2 is 2.04 bits per heavy atom. The van der Waals surface area contributed by atoms with E-state index in [1.165, 1.54) is 13.3 Å². The molecule has 1 heterocycles. The molecule has 2 amide bonds. The van der Waals surface area contributed by atoms with Gasteiger partial charge in [0.2, 0.25) is 0 Å². The molecule has 0 bridgehead atoms. The number of aryl methyl sites for hydroxylation is 1. The van der Waals surface area contributed by atoms with Gasteiger partial charge in [-0.15, -0.1) is 0 Å². The van der Waals surface area contributed by atoms with Crippen molar-refractivity contribution in [2.75, 3.05) is 12.4 Å². The third-order valence-electron chi connectivity index (χ3n) is 2.86. The summed E-state index contributed by atoms with van der Waals surface area (Å²) in [6.45, 7) is 1.87. The highest BCUT2D eigenvalue weighted by Crippen LogP contribution is 2.24. The summed E-state index contributed by atoms with van der Waals surface area (Å²) in [5, 5.41) is 6.17. The van der Waals surface area contributed by atoms with E-state index in [1.807, 2.05) is 13.0 Å². The minimum Gasteiger partial charge on any atom is -0.495 e. The van der Waals surface area contributed by atoms with E-state index < -0.39 is 11.8 Å². The van der Waals surface area contributed by atoms with Gasteiger partial charge in [0.15, 0.2) is 0 Å². The van der Waals surface area contributed by atoms with Crippen molar-refractivity contribution in [1.29, 1.82) is 0 Å². The number of hydrogen-bond acceptors (Lipinski definition) is 5. The standard InChI is InChI=1S/C16H16N4O3/c1-11-6-7-14(23-2)13(9-11)19-15(21)16(22)20-18-10-12-5-3-4-8-17-12/h3-10H,1-2H3,(H,19,21)(H,20,22)/b18-10-. The molecule has 0 spiro atoms. The maximum atomic E-state index is 11.9. The number of amides is 2. The average molecular weight is 312 g/mol. The highest BCUT2D eigenvalue weighted by molar-refractivity contribution is 6.39. The Morgan fingerprint density at radius 3 is 2.74 bits per heavy atom. The fourth-order valence-electron chi connectivity index (χ4n) is 1.76. The molecule has 1 aromatic carbocycles. The molecule has 0 aliphatic heterocycles. The Labute approximate surface area is 133 Å². The number of nitrogens with zero attached hydrogens (tertiary/aromatic N) is 2. The predicted molar refractivity (Wildman–Crippen MR) is 86.3 cm³/mol. The maximum absolute atomic E-state index is 11.9. The van der Waals surface area contributed by atoms with E-state index in [0.717, 1.165) is 5.56 Å². The molecule has 0 saturated carbocycles. The minimum absolute atomic E-state index is 0.418. The Bertz CT molecular complexity index is 729. The van der Waals surface area contributed by atoms with E-state index in [4.69, 9.17) is 4.74 Å². The Morgan fingerprint density at radius 1 is 1.22 bits per heavy atom. The third kappa shape index (κ3) is 4.63. The molecule has 2 aromatic rings. The normalized spacial score (nSPS) is 10.3. The van der Waals surface area contributed by atoms with Crippen LogP contribution in [0.5, 0.6) is 5.75 Å². The summed E-state index contributed by atoms with van der Waals surface area (Å²) >= 11 is 0. The van der Waals surface area contributed by atoms with Crippen LogP contribution in [0.3, 0.4) is 0 Å². The van der Waals surface area contributed by atoms with Gasteiger partial charge in [-0.2, -0.15) is 5.10 Å². The van der Waals surface area contributed by atoms with Gasteiger partial charge in [-0.25, -0.2) is 5.43 Å². The van der Waals surface area contributed by atoms with Crippen molar-refractivity contribution in [2.45, 2.75) is 6.92 Å². The summed E-state index contributed by atoms with van der Waals surface area (Å²) in [7, 11) is 1.48. The van der Waals surface area contributed by atoms with Crippen LogP contribution < -0.4 is 15.5 Å². The van der Waals surface area contributed by atoms with Gasteiger partial charge >= 0.3 is 11.8 Å². The van der Waals surface area contributed by atoms with Crippen LogP contribution in [-0.4, -0.2) is 30.1 Å². The molecular formula is C16H16N4O3. The van der Waals surface area contributed by atoms with Crippen molar-refractivity contribution in [3.8, 4) is 5.75 Å². The SMILES string of the molecule is COc1ccc(C)cc1NC(=O)C(=O)N/N=C\c1ccccn1. The molecule has 0 aliphatic rings. The van der Waals surface area contributed by atoms with Crippen LogP contribution in [0.15, 0.2) is 47.7 Å². The molecule has 0 radical (unpaired) electrons. The van der Waals surface area contributed by atoms with Gasteiger partial charge in [-0.3, -0.25) is 14.6 Å². The number of carbonyl (C=O) groups is 2. The summed E-state index contributed by atoms with van der Waals surface area (Å²) < 4.78 is 5.14. The molecule has 7 heteroatoms. The zero-order valence-electron chi connectivity index (χ0n) is 12.7. The lowest BCUT2D eigenvalue weighted by Gasteiger charge is -2.10. The van der Waals surface area contributed by atoms with Crippen LogP contribution in [0.4, 0.5) is 5.69 Å². The second kappa shape index (κ2) is 7.69. The minimum atomic E-state index is -0.888. The van der Waals surface area contributed by atoms with Crippen LogP contribution in [0, 0.1) is 6.92 Å². The van der Waals surface area contributed by atoms with Crippen LogP contribution in [0.25, 0.3) is 0 Å². The first-order valence-corrected chi connectivity index (χ1v) is 6.80. The summed E-state index contributed by atoms with van der Waals surface area (Å²) in [6, 6.07) is 10.5. The van der Waals surface area contributed by atoms with E-state index in [9.17, 15) is 9.59 Å². The van der Waals surface area contributed by atoms with E-state index in [0.29, 0.717) is 17.1 Å². The Hall–Kier alpha value is -3.22. The molecular weight excluding hydrogens is 296 g/mol. The van der Waals surface area contributed by atoms with Crippen LogP contribution in [0.1, 0.15) is 11.3 Å². The number of carbonyl (C=O) groups excluding carboxylic acids is 2. The van der Waals surface area contributed by atoms with Gasteiger partial charge in [0, 0.05) is 6.20 Å². The number of hydrazone groups is 1.